The Hall–Kier alpha value is -0.730. The Kier molecular flexibility index (Phi) is 2.42. The first kappa shape index (κ1) is 8.85. The quantitative estimate of drug-likeness (QED) is 0.786. The average Bonchev–Trinajstić information content (AvgIpc) is 2.02. The fraction of sp³-hybridized carbons (Fsp3) is 0.400. The van der Waals surface area contributed by atoms with E-state index in [1.807, 2.05) is 18.2 Å². The molecule has 1 atom stereocenters. The summed E-state index contributed by atoms with van der Waals surface area (Å²) in [4.78, 5) is 0. The Morgan fingerprint density at radius 3 is 2.85 bits per heavy atom. The minimum Gasteiger partial charge on any atom is -0.496 e. The van der Waals surface area contributed by atoms with Gasteiger partial charge in [0.1, 0.15) is 5.75 Å². The van der Waals surface area contributed by atoms with Crippen LogP contribution in [0.5, 0.6) is 5.75 Å². The number of hydrogen-bond acceptors (Lipinski definition) is 2. The van der Waals surface area contributed by atoms with E-state index < -0.39 is 0 Å². The van der Waals surface area contributed by atoms with Crippen molar-refractivity contribution >= 4 is 11.6 Å². The average molecular weight is 198 g/mol. The van der Waals surface area contributed by atoms with Crippen LogP contribution in [0.1, 0.15) is 18.0 Å². The van der Waals surface area contributed by atoms with Crippen LogP contribution in [0.25, 0.3) is 0 Å². The second-order valence-corrected chi connectivity index (χ2v) is 3.62. The summed E-state index contributed by atoms with van der Waals surface area (Å²) in [6.07, 6.45) is 1.16. The van der Waals surface area contributed by atoms with Gasteiger partial charge in [-0.1, -0.05) is 11.6 Å². The molecule has 0 bridgehead atoms. The van der Waals surface area contributed by atoms with E-state index in [0.717, 1.165) is 23.7 Å². The third-order valence-electron chi connectivity index (χ3n) is 2.39. The summed E-state index contributed by atoms with van der Waals surface area (Å²) in [7, 11) is 1.69. The van der Waals surface area contributed by atoms with Crippen LogP contribution in [0.15, 0.2) is 18.2 Å². The van der Waals surface area contributed by atoms with Gasteiger partial charge in [0.25, 0.3) is 0 Å². The standard InChI is InChI=1S/C10H12ClNO/c1-13-10-3-2-7(11)6-8(10)9-4-5-12-9/h2-3,6,9,12H,4-5H2,1H3. The fourth-order valence-corrected chi connectivity index (χ4v) is 1.71. The van der Waals surface area contributed by atoms with Crippen molar-refractivity contribution in [2.24, 2.45) is 0 Å². The zero-order chi connectivity index (χ0) is 9.26. The highest BCUT2D eigenvalue weighted by molar-refractivity contribution is 6.30. The zero-order valence-corrected chi connectivity index (χ0v) is 8.27. The predicted molar refractivity (Wildman–Crippen MR) is 53.4 cm³/mol. The molecule has 0 radical (unpaired) electrons. The summed E-state index contributed by atoms with van der Waals surface area (Å²) in [5, 5.41) is 4.09. The Bertz CT molecular complexity index is 310. The van der Waals surface area contributed by atoms with Crippen LogP contribution in [0.3, 0.4) is 0 Å². The second-order valence-electron chi connectivity index (χ2n) is 3.18. The molecule has 3 heteroatoms. The van der Waals surface area contributed by atoms with Crippen molar-refractivity contribution in [3.63, 3.8) is 0 Å². The number of ether oxygens (including phenoxy) is 1. The lowest BCUT2D eigenvalue weighted by atomic mass is 9.97. The van der Waals surface area contributed by atoms with Crippen molar-refractivity contribution < 1.29 is 4.74 Å². The number of halogens is 1. The van der Waals surface area contributed by atoms with Crippen molar-refractivity contribution in [3.8, 4) is 5.75 Å². The van der Waals surface area contributed by atoms with Crippen LogP contribution < -0.4 is 10.1 Å². The number of hydrogen-bond donors (Lipinski definition) is 1. The van der Waals surface area contributed by atoms with Gasteiger partial charge in [0.2, 0.25) is 0 Å². The van der Waals surface area contributed by atoms with Gasteiger partial charge in [-0.05, 0) is 31.2 Å². The Balaban J connectivity index is 2.33. The second kappa shape index (κ2) is 3.56. The van der Waals surface area contributed by atoms with Crippen LogP contribution in [0.2, 0.25) is 5.02 Å². The van der Waals surface area contributed by atoms with Gasteiger partial charge >= 0.3 is 0 Å². The third-order valence-corrected chi connectivity index (χ3v) is 2.63. The van der Waals surface area contributed by atoms with Crippen molar-refractivity contribution in [1.82, 2.24) is 5.32 Å². The van der Waals surface area contributed by atoms with Crippen molar-refractivity contribution in [3.05, 3.63) is 28.8 Å². The Labute approximate surface area is 82.9 Å². The topological polar surface area (TPSA) is 21.3 Å². The zero-order valence-electron chi connectivity index (χ0n) is 7.51. The lowest BCUT2D eigenvalue weighted by molar-refractivity contribution is 0.353. The predicted octanol–water partition coefficient (Wildman–Crippen LogP) is 2.38. The molecule has 1 aromatic carbocycles. The molecule has 0 spiro atoms. The maximum Gasteiger partial charge on any atom is 0.123 e. The molecule has 1 aromatic rings. The van der Waals surface area contributed by atoms with E-state index >= 15 is 0 Å². The highest BCUT2D eigenvalue weighted by Gasteiger charge is 2.21. The summed E-state index contributed by atoms with van der Waals surface area (Å²) < 4.78 is 5.26. The van der Waals surface area contributed by atoms with E-state index in [1.54, 1.807) is 7.11 Å². The van der Waals surface area contributed by atoms with Crippen LogP contribution in [-0.2, 0) is 0 Å². The molecular weight excluding hydrogens is 186 g/mol. The van der Waals surface area contributed by atoms with E-state index in [-0.39, 0.29) is 0 Å². The summed E-state index contributed by atoms with van der Waals surface area (Å²) >= 11 is 5.92. The molecule has 0 aliphatic carbocycles. The van der Waals surface area contributed by atoms with Crippen molar-refractivity contribution in [1.29, 1.82) is 0 Å². The van der Waals surface area contributed by atoms with Gasteiger partial charge in [0.05, 0.1) is 7.11 Å². The van der Waals surface area contributed by atoms with Gasteiger partial charge in [0.15, 0.2) is 0 Å². The molecular formula is C10H12ClNO. The first-order valence-corrected chi connectivity index (χ1v) is 4.76. The minimum atomic E-state index is 0.425. The maximum atomic E-state index is 5.92. The van der Waals surface area contributed by atoms with Gasteiger partial charge in [-0.25, -0.2) is 0 Å². The molecule has 2 rings (SSSR count). The monoisotopic (exact) mass is 197 g/mol. The summed E-state index contributed by atoms with van der Waals surface area (Å²) in [5.41, 5.74) is 1.17. The van der Waals surface area contributed by atoms with Gasteiger partial charge in [-0.2, -0.15) is 0 Å². The molecule has 1 aliphatic rings. The van der Waals surface area contributed by atoms with Gasteiger partial charge < -0.3 is 10.1 Å². The molecule has 1 aliphatic heterocycles. The Morgan fingerprint density at radius 2 is 2.31 bits per heavy atom. The number of nitrogens with one attached hydrogen (secondary N) is 1. The lowest BCUT2D eigenvalue weighted by Crippen LogP contribution is -2.35. The van der Waals surface area contributed by atoms with Crippen LogP contribution in [0.4, 0.5) is 0 Å². The molecule has 0 aromatic heterocycles. The van der Waals surface area contributed by atoms with E-state index in [2.05, 4.69) is 5.32 Å². The minimum absolute atomic E-state index is 0.425. The molecule has 2 nitrogen and oxygen atoms in total. The normalized spacial score (nSPS) is 20.9. The molecule has 0 amide bonds. The molecule has 0 saturated carbocycles. The van der Waals surface area contributed by atoms with Gasteiger partial charge in [0, 0.05) is 16.6 Å². The Morgan fingerprint density at radius 1 is 1.54 bits per heavy atom. The van der Waals surface area contributed by atoms with Crippen LogP contribution in [0, 0.1) is 0 Å². The third kappa shape index (κ3) is 1.64. The van der Waals surface area contributed by atoms with Crippen molar-refractivity contribution in [2.75, 3.05) is 13.7 Å². The van der Waals surface area contributed by atoms with Crippen molar-refractivity contribution in [2.45, 2.75) is 12.5 Å². The number of benzene rings is 1. The summed E-state index contributed by atoms with van der Waals surface area (Å²) in [6, 6.07) is 6.16. The van der Waals surface area contributed by atoms with E-state index in [0.29, 0.717) is 6.04 Å². The number of rotatable bonds is 2. The van der Waals surface area contributed by atoms with E-state index in [1.165, 1.54) is 5.56 Å². The molecule has 1 fully saturated rings. The SMILES string of the molecule is COc1ccc(Cl)cc1C1CCN1. The summed E-state index contributed by atoms with van der Waals surface area (Å²) in [6.45, 7) is 1.08. The highest BCUT2D eigenvalue weighted by Crippen LogP contribution is 2.32. The van der Waals surface area contributed by atoms with E-state index in [4.69, 9.17) is 16.3 Å². The van der Waals surface area contributed by atoms with Gasteiger partial charge in [-0.3, -0.25) is 0 Å². The molecule has 1 N–H and O–H groups in total. The van der Waals surface area contributed by atoms with Crippen LogP contribution >= 0.6 is 11.6 Å². The van der Waals surface area contributed by atoms with E-state index in [9.17, 15) is 0 Å². The molecule has 1 heterocycles. The molecule has 1 saturated heterocycles. The first-order valence-electron chi connectivity index (χ1n) is 4.38. The summed E-state index contributed by atoms with van der Waals surface area (Å²) in [5.74, 6) is 0.918. The smallest absolute Gasteiger partial charge is 0.123 e. The van der Waals surface area contributed by atoms with Crippen LogP contribution in [-0.4, -0.2) is 13.7 Å². The fourth-order valence-electron chi connectivity index (χ4n) is 1.53. The van der Waals surface area contributed by atoms with Gasteiger partial charge in [-0.15, -0.1) is 0 Å². The maximum absolute atomic E-state index is 5.92. The number of methoxy groups -OCH3 is 1. The highest BCUT2D eigenvalue weighted by atomic mass is 35.5. The molecule has 70 valence electrons. The molecule has 13 heavy (non-hydrogen) atoms. The largest absolute Gasteiger partial charge is 0.496 e. The lowest BCUT2D eigenvalue weighted by Gasteiger charge is -2.29. The first-order chi connectivity index (χ1) is 6.31. The molecule has 1 unspecified atom stereocenters.